The lowest BCUT2D eigenvalue weighted by atomic mass is 10.2. The predicted molar refractivity (Wildman–Crippen MR) is 106 cm³/mol. The van der Waals surface area contributed by atoms with Crippen LogP contribution in [0.1, 0.15) is 32.4 Å². The second kappa shape index (κ2) is 8.41. The number of carbonyl (C=O) groups is 1. The van der Waals surface area contributed by atoms with Gasteiger partial charge in [0.15, 0.2) is 5.82 Å². The predicted octanol–water partition coefficient (Wildman–Crippen LogP) is 3.05. The van der Waals surface area contributed by atoms with Gasteiger partial charge < -0.3 is 15.5 Å². The number of alkyl halides is 3. The molecular formula is C19H24F3N7O. The van der Waals surface area contributed by atoms with Crippen LogP contribution in [-0.2, 0) is 11.0 Å². The molecule has 8 nitrogen and oxygen atoms in total. The Morgan fingerprint density at radius 2 is 1.70 bits per heavy atom. The van der Waals surface area contributed by atoms with E-state index in [-0.39, 0.29) is 35.4 Å². The zero-order chi connectivity index (χ0) is 22.1. The van der Waals surface area contributed by atoms with E-state index >= 15 is 0 Å². The molecule has 1 saturated carbocycles. The van der Waals surface area contributed by atoms with Crippen LogP contribution in [0.3, 0.4) is 0 Å². The zero-order valence-corrected chi connectivity index (χ0v) is 17.2. The third-order valence-electron chi connectivity index (χ3n) is 4.75. The van der Waals surface area contributed by atoms with Crippen molar-refractivity contribution in [2.45, 2.75) is 44.9 Å². The fourth-order valence-corrected chi connectivity index (χ4v) is 2.90. The van der Waals surface area contributed by atoms with Crippen LogP contribution in [-0.4, -0.2) is 56.9 Å². The fourth-order valence-electron chi connectivity index (χ4n) is 2.90. The van der Waals surface area contributed by atoms with Crippen molar-refractivity contribution in [2.75, 3.05) is 24.7 Å². The minimum absolute atomic E-state index is 0.0198. The maximum Gasteiger partial charge on any atom is 0.433 e. The Morgan fingerprint density at radius 1 is 1.07 bits per heavy atom. The van der Waals surface area contributed by atoms with Crippen LogP contribution in [0.15, 0.2) is 18.2 Å². The van der Waals surface area contributed by atoms with Crippen molar-refractivity contribution < 1.29 is 18.0 Å². The average Bonchev–Trinajstić information content (AvgIpc) is 3.52. The molecule has 0 spiro atoms. The van der Waals surface area contributed by atoms with Gasteiger partial charge in [-0.2, -0.15) is 28.1 Å². The van der Waals surface area contributed by atoms with E-state index in [0.29, 0.717) is 5.92 Å². The summed E-state index contributed by atoms with van der Waals surface area (Å²) < 4.78 is 39.2. The van der Waals surface area contributed by atoms with Crippen molar-refractivity contribution in [3.63, 3.8) is 0 Å². The lowest BCUT2D eigenvalue weighted by molar-refractivity contribution is -0.141. The molecule has 0 radical (unpaired) electrons. The van der Waals surface area contributed by atoms with E-state index < -0.39 is 17.9 Å². The highest BCUT2D eigenvalue weighted by Crippen LogP contribution is 2.34. The first kappa shape index (κ1) is 21.7. The number of aromatic nitrogens is 4. The Labute approximate surface area is 172 Å². The van der Waals surface area contributed by atoms with Crippen molar-refractivity contribution in [3.05, 3.63) is 23.9 Å². The molecule has 1 aliphatic carbocycles. The van der Waals surface area contributed by atoms with Crippen molar-refractivity contribution in [3.8, 4) is 11.5 Å². The summed E-state index contributed by atoms with van der Waals surface area (Å²) in [5.74, 6) is 0.573. The van der Waals surface area contributed by atoms with E-state index in [1.165, 1.54) is 17.0 Å². The molecule has 0 aliphatic heterocycles. The van der Waals surface area contributed by atoms with E-state index in [2.05, 4.69) is 30.6 Å². The molecule has 30 heavy (non-hydrogen) atoms. The van der Waals surface area contributed by atoms with Crippen molar-refractivity contribution in [2.24, 2.45) is 5.92 Å². The highest BCUT2D eigenvalue weighted by atomic mass is 19.4. The summed E-state index contributed by atoms with van der Waals surface area (Å²) in [4.78, 5) is 30.0. The van der Waals surface area contributed by atoms with Gasteiger partial charge in [-0.1, -0.05) is 6.07 Å². The molecule has 2 N–H and O–H groups in total. The molecule has 1 fully saturated rings. The Balaban J connectivity index is 1.96. The molecule has 0 saturated heterocycles. The number of pyridine rings is 1. The number of carbonyl (C=O) groups excluding carboxylic acids is 1. The van der Waals surface area contributed by atoms with Gasteiger partial charge in [0.25, 0.3) is 0 Å². The number of anilines is 2. The number of nitrogens with one attached hydrogen (secondary N) is 2. The maximum absolute atomic E-state index is 13.1. The lowest BCUT2D eigenvalue weighted by Crippen LogP contribution is -2.37. The van der Waals surface area contributed by atoms with Gasteiger partial charge >= 0.3 is 6.18 Å². The molecule has 0 unspecified atom stereocenters. The fraction of sp³-hybridized carbons (Fsp3) is 0.526. The van der Waals surface area contributed by atoms with Crippen LogP contribution in [0.25, 0.3) is 11.5 Å². The Hall–Kier alpha value is -2.98. The van der Waals surface area contributed by atoms with Gasteiger partial charge in [-0.15, -0.1) is 0 Å². The van der Waals surface area contributed by atoms with Crippen molar-refractivity contribution >= 4 is 17.8 Å². The van der Waals surface area contributed by atoms with Gasteiger partial charge in [0, 0.05) is 20.1 Å². The van der Waals surface area contributed by atoms with Crippen LogP contribution >= 0.6 is 0 Å². The minimum atomic E-state index is -4.58. The van der Waals surface area contributed by atoms with E-state index in [1.807, 2.05) is 6.92 Å². The first-order chi connectivity index (χ1) is 14.0. The first-order valence-electron chi connectivity index (χ1n) is 9.59. The smallest absolute Gasteiger partial charge is 0.351 e. The lowest BCUT2D eigenvalue weighted by Gasteiger charge is -2.19. The topological polar surface area (TPSA) is 95.9 Å². The average molecular weight is 423 g/mol. The summed E-state index contributed by atoms with van der Waals surface area (Å²) in [6, 6.07) is 2.99. The minimum Gasteiger partial charge on any atom is -0.351 e. The molecular weight excluding hydrogens is 399 g/mol. The number of hydrogen-bond acceptors (Lipinski definition) is 7. The molecule has 0 aromatic carbocycles. The van der Waals surface area contributed by atoms with Crippen molar-refractivity contribution in [1.29, 1.82) is 0 Å². The van der Waals surface area contributed by atoms with E-state index in [1.54, 1.807) is 21.0 Å². The highest BCUT2D eigenvalue weighted by Gasteiger charge is 2.33. The molecule has 3 rings (SSSR count). The molecule has 2 aromatic rings. The van der Waals surface area contributed by atoms with E-state index in [0.717, 1.165) is 18.9 Å². The number of amides is 1. The molecule has 2 heterocycles. The third kappa shape index (κ3) is 5.33. The van der Waals surface area contributed by atoms with Gasteiger partial charge in [0.1, 0.15) is 17.4 Å². The van der Waals surface area contributed by atoms with E-state index in [4.69, 9.17) is 0 Å². The van der Waals surface area contributed by atoms with Crippen LogP contribution in [0, 0.1) is 5.92 Å². The molecule has 1 aliphatic rings. The second-order valence-electron chi connectivity index (χ2n) is 7.58. The van der Waals surface area contributed by atoms with Crippen LogP contribution < -0.4 is 10.6 Å². The summed E-state index contributed by atoms with van der Waals surface area (Å²) in [6.45, 7) is 3.64. The maximum atomic E-state index is 13.1. The quantitative estimate of drug-likeness (QED) is 0.707. The Kier molecular flexibility index (Phi) is 6.09. The molecule has 1 amide bonds. The van der Waals surface area contributed by atoms with Crippen LogP contribution in [0.2, 0.25) is 0 Å². The summed E-state index contributed by atoms with van der Waals surface area (Å²) in [5, 5.41) is 6.07. The number of nitrogens with zero attached hydrogens (tertiary/aromatic N) is 5. The molecule has 0 bridgehead atoms. The summed E-state index contributed by atoms with van der Waals surface area (Å²) in [5.41, 5.74) is -1.07. The first-order valence-corrected chi connectivity index (χ1v) is 9.59. The summed E-state index contributed by atoms with van der Waals surface area (Å²) >= 11 is 0. The molecule has 2 atom stereocenters. The Bertz CT molecular complexity index is 915. The van der Waals surface area contributed by atoms with Gasteiger partial charge in [-0.3, -0.25) is 4.79 Å². The molecule has 11 heteroatoms. The number of hydrogen-bond donors (Lipinski definition) is 2. The normalized spacial score (nSPS) is 16.0. The highest BCUT2D eigenvalue weighted by molar-refractivity contribution is 5.83. The SMILES string of the molecule is C[C@@H](Nc1nc(N[C@H](C)C2CC2)nc(-c2cccc(C(F)(F)F)n2)n1)C(=O)N(C)C. The summed E-state index contributed by atoms with van der Waals surface area (Å²) in [7, 11) is 3.24. The second-order valence-corrected chi connectivity index (χ2v) is 7.58. The van der Waals surface area contributed by atoms with Crippen LogP contribution in [0.4, 0.5) is 25.1 Å². The molecule has 2 aromatic heterocycles. The van der Waals surface area contributed by atoms with Gasteiger partial charge in [-0.25, -0.2) is 4.98 Å². The van der Waals surface area contributed by atoms with Gasteiger partial charge in [0.2, 0.25) is 17.8 Å². The number of halogens is 3. The summed E-state index contributed by atoms with van der Waals surface area (Å²) in [6.07, 6.45) is -2.39. The Morgan fingerprint density at radius 3 is 2.27 bits per heavy atom. The van der Waals surface area contributed by atoms with Crippen LogP contribution in [0.5, 0.6) is 0 Å². The van der Waals surface area contributed by atoms with Gasteiger partial charge in [-0.05, 0) is 44.7 Å². The zero-order valence-electron chi connectivity index (χ0n) is 17.2. The van der Waals surface area contributed by atoms with Gasteiger partial charge in [0.05, 0.1) is 0 Å². The standard InChI is InChI=1S/C19H24F3N7O/c1-10(12-8-9-12)23-17-26-15(13-6-5-7-14(25-13)19(20,21)22)27-18(28-17)24-11(2)16(30)29(3)4/h5-7,10-12H,8-9H2,1-4H3,(H2,23,24,26,27,28)/t10-,11-/m1/s1. The molecule has 162 valence electrons. The monoisotopic (exact) mass is 423 g/mol. The number of likely N-dealkylation sites (N-methyl/N-ethyl adjacent to an activating group) is 1. The third-order valence-corrected chi connectivity index (χ3v) is 4.75. The largest absolute Gasteiger partial charge is 0.433 e. The van der Waals surface area contributed by atoms with Crippen molar-refractivity contribution in [1.82, 2.24) is 24.8 Å². The van der Waals surface area contributed by atoms with E-state index in [9.17, 15) is 18.0 Å². The number of rotatable bonds is 7.